The predicted molar refractivity (Wildman–Crippen MR) is 106 cm³/mol. The fourth-order valence-corrected chi connectivity index (χ4v) is 3.45. The van der Waals surface area contributed by atoms with E-state index < -0.39 is 0 Å². The van der Waals surface area contributed by atoms with Crippen LogP contribution in [0.4, 0.5) is 4.79 Å². The number of nitrogens with zero attached hydrogens (tertiary/aromatic N) is 2. The molecule has 2 aromatic carbocycles. The first-order chi connectivity index (χ1) is 13.2. The fourth-order valence-electron chi connectivity index (χ4n) is 3.45. The highest BCUT2D eigenvalue weighted by Gasteiger charge is 2.33. The molecule has 0 spiro atoms. The maximum Gasteiger partial charge on any atom is 0.329 e. The molecule has 1 aliphatic rings. The predicted octanol–water partition coefficient (Wildman–Crippen LogP) is 4.14. The zero-order valence-electron chi connectivity index (χ0n) is 15.2. The van der Waals surface area contributed by atoms with Gasteiger partial charge >= 0.3 is 6.03 Å². The second-order valence-electron chi connectivity index (χ2n) is 6.66. The van der Waals surface area contributed by atoms with Crippen molar-refractivity contribution in [3.05, 3.63) is 77.6 Å². The average molecular weight is 359 g/mol. The topological polar surface area (TPSA) is 54.3 Å². The number of amides is 3. The summed E-state index contributed by atoms with van der Waals surface area (Å²) in [5, 5.41) is 3.79. The summed E-state index contributed by atoms with van der Waals surface area (Å²) in [7, 11) is 0. The van der Waals surface area contributed by atoms with Gasteiger partial charge in [0.15, 0.2) is 0 Å². The zero-order valence-corrected chi connectivity index (χ0v) is 15.2. The lowest BCUT2D eigenvalue weighted by Crippen LogP contribution is -2.30. The summed E-state index contributed by atoms with van der Waals surface area (Å²) in [5.74, 6) is -0.295. The number of hydrogen-bond donors (Lipinski definition) is 1. The summed E-state index contributed by atoms with van der Waals surface area (Å²) in [5.41, 5.74) is 3.30. The first kappa shape index (κ1) is 17.1. The van der Waals surface area contributed by atoms with Crippen LogP contribution >= 0.6 is 0 Å². The number of aryl methyl sites for hydroxylation is 1. The van der Waals surface area contributed by atoms with Crippen molar-refractivity contribution in [2.24, 2.45) is 0 Å². The molecule has 5 heteroatoms. The van der Waals surface area contributed by atoms with E-state index in [4.69, 9.17) is 0 Å². The van der Waals surface area contributed by atoms with Crippen molar-refractivity contribution in [1.29, 1.82) is 0 Å². The highest BCUT2D eigenvalue weighted by atomic mass is 16.2. The van der Waals surface area contributed by atoms with E-state index in [0.717, 1.165) is 35.0 Å². The molecule has 0 unspecified atom stereocenters. The van der Waals surface area contributed by atoms with Gasteiger partial charge in [0.05, 0.1) is 6.54 Å². The van der Waals surface area contributed by atoms with Crippen LogP contribution in [0.1, 0.15) is 24.5 Å². The fraction of sp³-hybridized carbons (Fsp3) is 0.182. The first-order valence-corrected chi connectivity index (χ1v) is 9.13. The number of fused-ring (bicyclic) bond motifs is 1. The molecule has 0 bridgehead atoms. The van der Waals surface area contributed by atoms with Crippen molar-refractivity contribution < 1.29 is 9.59 Å². The number of rotatable bonds is 5. The minimum absolute atomic E-state index is 0.264. The molecule has 0 aliphatic carbocycles. The number of para-hydroxylation sites is 1. The van der Waals surface area contributed by atoms with Gasteiger partial charge in [-0.25, -0.2) is 4.79 Å². The molecule has 2 heterocycles. The standard InChI is InChI=1S/C22H21N3O2/c1-2-12-24-15-17(18-10-6-7-11-20(18)24)13-19-21(26)25(22(27)23-19)14-16-8-4-3-5-9-16/h3-11,13,15H,2,12,14H2,1H3,(H,23,27)/b19-13-. The zero-order chi connectivity index (χ0) is 18.8. The van der Waals surface area contributed by atoms with Crippen LogP contribution in [0.5, 0.6) is 0 Å². The molecule has 0 radical (unpaired) electrons. The van der Waals surface area contributed by atoms with Crippen LogP contribution < -0.4 is 5.32 Å². The lowest BCUT2D eigenvalue weighted by atomic mass is 10.1. The van der Waals surface area contributed by atoms with E-state index in [1.807, 2.05) is 54.7 Å². The molecule has 3 aromatic rings. The van der Waals surface area contributed by atoms with Gasteiger partial charge in [0.2, 0.25) is 0 Å². The van der Waals surface area contributed by atoms with Gasteiger partial charge in [-0.1, -0.05) is 55.5 Å². The van der Waals surface area contributed by atoms with Crippen LogP contribution in [0.15, 0.2) is 66.5 Å². The number of imide groups is 1. The molecule has 1 fully saturated rings. The van der Waals surface area contributed by atoms with Gasteiger partial charge in [0.1, 0.15) is 5.70 Å². The molecule has 1 N–H and O–H groups in total. The van der Waals surface area contributed by atoms with E-state index in [0.29, 0.717) is 5.70 Å². The minimum atomic E-state index is -0.382. The maximum atomic E-state index is 12.8. The third-order valence-corrected chi connectivity index (χ3v) is 4.73. The summed E-state index contributed by atoms with van der Waals surface area (Å²) in [6.45, 7) is 3.31. The van der Waals surface area contributed by atoms with Crippen molar-refractivity contribution in [2.45, 2.75) is 26.4 Å². The van der Waals surface area contributed by atoms with Crippen molar-refractivity contribution >= 4 is 28.9 Å². The number of carbonyl (C=O) groups excluding carboxylic acids is 2. The Morgan fingerprint density at radius 1 is 1.00 bits per heavy atom. The van der Waals surface area contributed by atoms with E-state index in [-0.39, 0.29) is 18.5 Å². The van der Waals surface area contributed by atoms with Gasteiger partial charge in [0, 0.05) is 29.2 Å². The molecule has 4 rings (SSSR count). The Morgan fingerprint density at radius 2 is 1.74 bits per heavy atom. The van der Waals surface area contributed by atoms with Gasteiger partial charge in [-0.3, -0.25) is 9.69 Å². The van der Waals surface area contributed by atoms with Gasteiger partial charge in [0.25, 0.3) is 5.91 Å². The van der Waals surface area contributed by atoms with Gasteiger partial charge < -0.3 is 9.88 Å². The molecular formula is C22H21N3O2. The molecule has 3 amide bonds. The quantitative estimate of drug-likeness (QED) is 0.550. The van der Waals surface area contributed by atoms with E-state index in [2.05, 4.69) is 22.9 Å². The van der Waals surface area contributed by atoms with Crippen LogP contribution in [-0.2, 0) is 17.9 Å². The van der Waals surface area contributed by atoms with Crippen LogP contribution in [0, 0.1) is 0 Å². The van der Waals surface area contributed by atoms with E-state index in [1.165, 1.54) is 4.90 Å². The Labute approximate surface area is 157 Å². The lowest BCUT2D eigenvalue weighted by Gasteiger charge is -2.11. The smallest absolute Gasteiger partial charge is 0.329 e. The normalized spacial score (nSPS) is 15.7. The van der Waals surface area contributed by atoms with Crippen LogP contribution in [0.25, 0.3) is 17.0 Å². The molecule has 1 aliphatic heterocycles. The Morgan fingerprint density at radius 3 is 2.52 bits per heavy atom. The van der Waals surface area contributed by atoms with Crippen LogP contribution in [0.2, 0.25) is 0 Å². The van der Waals surface area contributed by atoms with Gasteiger partial charge in [-0.15, -0.1) is 0 Å². The summed E-state index contributed by atoms with van der Waals surface area (Å²) >= 11 is 0. The van der Waals surface area contributed by atoms with Crippen LogP contribution in [-0.4, -0.2) is 21.4 Å². The first-order valence-electron chi connectivity index (χ1n) is 9.13. The highest BCUT2D eigenvalue weighted by molar-refractivity contribution is 6.14. The molecule has 0 saturated carbocycles. The van der Waals surface area contributed by atoms with E-state index >= 15 is 0 Å². The third kappa shape index (κ3) is 3.24. The highest BCUT2D eigenvalue weighted by Crippen LogP contribution is 2.25. The number of aromatic nitrogens is 1. The molecular weight excluding hydrogens is 338 g/mol. The molecule has 5 nitrogen and oxygen atoms in total. The second-order valence-corrected chi connectivity index (χ2v) is 6.66. The number of carbonyl (C=O) groups is 2. The Bertz CT molecular complexity index is 1030. The largest absolute Gasteiger partial charge is 0.347 e. The van der Waals surface area contributed by atoms with Crippen LogP contribution in [0.3, 0.4) is 0 Å². The molecule has 0 atom stereocenters. The number of nitrogens with one attached hydrogen (secondary N) is 1. The number of hydrogen-bond acceptors (Lipinski definition) is 2. The summed E-state index contributed by atoms with van der Waals surface area (Å²) < 4.78 is 2.19. The average Bonchev–Trinajstić information content (AvgIpc) is 3.16. The van der Waals surface area contributed by atoms with Gasteiger partial charge in [-0.05, 0) is 24.1 Å². The Hall–Kier alpha value is -3.34. The van der Waals surface area contributed by atoms with Crippen molar-refractivity contribution in [3.8, 4) is 0 Å². The van der Waals surface area contributed by atoms with Gasteiger partial charge in [-0.2, -0.15) is 0 Å². The number of urea groups is 1. The Balaban J connectivity index is 1.66. The monoisotopic (exact) mass is 359 g/mol. The van der Waals surface area contributed by atoms with Crippen molar-refractivity contribution in [3.63, 3.8) is 0 Å². The van der Waals surface area contributed by atoms with E-state index in [9.17, 15) is 9.59 Å². The maximum absolute atomic E-state index is 12.8. The third-order valence-electron chi connectivity index (χ3n) is 4.73. The Kier molecular flexibility index (Phi) is 4.50. The molecule has 1 saturated heterocycles. The van der Waals surface area contributed by atoms with Crippen molar-refractivity contribution in [2.75, 3.05) is 0 Å². The SMILES string of the molecule is CCCn1cc(/C=C2\NC(=O)N(Cc3ccccc3)C2=O)c2ccccc21. The molecule has 1 aromatic heterocycles. The molecule has 27 heavy (non-hydrogen) atoms. The summed E-state index contributed by atoms with van der Waals surface area (Å²) in [6.07, 6.45) is 4.84. The molecule has 136 valence electrons. The van der Waals surface area contributed by atoms with Crippen molar-refractivity contribution in [1.82, 2.24) is 14.8 Å². The minimum Gasteiger partial charge on any atom is -0.347 e. The lowest BCUT2D eigenvalue weighted by molar-refractivity contribution is -0.123. The summed E-state index contributed by atoms with van der Waals surface area (Å²) in [6, 6.07) is 17.2. The second kappa shape index (κ2) is 7.11. The summed E-state index contributed by atoms with van der Waals surface area (Å²) in [4.78, 5) is 26.3. The number of benzene rings is 2. The van der Waals surface area contributed by atoms with E-state index in [1.54, 1.807) is 6.08 Å².